The number of unbranched alkanes of at least 4 members (excludes halogenated alkanes) is 11. The van der Waals surface area contributed by atoms with Gasteiger partial charge in [-0.15, -0.1) is 0 Å². The van der Waals surface area contributed by atoms with E-state index in [9.17, 15) is 9.59 Å². The van der Waals surface area contributed by atoms with Gasteiger partial charge < -0.3 is 5.73 Å². The zero-order valence-corrected chi connectivity index (χ0v) is 16.5. The summed E-state index contributed by atoms with van der Waals surface area (Å²) in [4.78, 5) is 22.4. The van der Waals surface area contributed by atoms with E-state index in [-0.39, 0.29) is 5.78 Å². The minimum absolute atomic E-state index is 0.00827. The molecule has 0 rings (SSSR count). The molecule has 3 heteroatoms. The molecule has 0 saturated heterocycles. The fourth-order valence-electron chi connectivity index (χ4n) is 2.75. The number of carbonyl (C=O) groups excluding carboxylic acids is 2. The molecule has 144 valence electrons. The number of primary amides is 1. The molecule has 3 nitrogen and oxygen atoms in total. The number of hydrogen-bond donors (Lipinski definition) is 1. The molecule has 0 aromatic carbocycles. The molecule has 0 unspecified atom stereocenters. The number of hydrogen-bond acceptors (Lipinski definition) is 2. The van der Waals surface area contributed by atoms with Gasteiger partial charge in [0.15, 0.2) is 5.78 Å². The van der Waals surface area contributed by atoms with Gasteiger partial charge in [0.1, 0.15) is 0 Å². The Kier molecular flexibility index (Phi) is 16.5. The van der Waals surface area contributed by atoms with Crippen LogP contribution in [0.2, 0.25) is 0 Å². The van der Waals surface area contributed by atoms with E-state index in [2.05, 4.69) is 19.1 Å². The summed E-state index contributed by atoms with van der Waals surface area (Å²) in [7, 11) is 0. The molecule has 2 N–H and O–H groups in total. The van der Waals surface area contributed by atoms with Gasteiger partial charge in [0, 0.05) is 12.0 Å². The van der Waals surface area contributed by atoms with Crippen LogP contribution < -0.4 is 5.73 Å². The van der Waals surface area contributed by atoms with Crippen LogP contribution in [-0.4, -0.2) is 11.7 Å². The number of ketones is 1. The molecule has 0 atom stereocenters. The predicted octanol–water partition coefficient (Wildman–Crippen LogP) is 6.02. The van der Waals surface area contributed by atoms with Crippen molar-refractivity contribution < 1.29 is 9.59 Å². The standard InChI is InChI=1S/C22H39NO2/c1-3-4-5-6-7-8-9-10-11-12-13-14-15-16-17-18-21(24)19-20(2)22(23)25/h10-11,19H,3-9,12-18H2,1-2H3,(H2,23,25). The van der Waals surface area contributed by atoms with Crippen molar-refractivity contribution in [3.63, 3.8) is 0 Å². The topological polar surface area (TPSA) is 60.2 Å². The molecule has 0 aliphatic rings. The Morgan fingerprint density at radius 1 is 0.760 bits per heavy atom. The lowest BCUT2D eigenvalue weighted by Crippen LogP contribution is -2.12. The summed E-state index contributed by atoms with van der Waals surface area (Å²) in [6, 6.07) is 0. The second-order valence-electron chi connectivity index (χ2n) is 6.99. The van der Waals surface area contributed by atoms with Crippen LogP contribution in [0.25, 0.3) is 0 Å². The summed E-state index contributed by atoms with van der Waals surface area (Å²) >= 11 is 0. The Morgan fingerprint density at radius 2 is 1.24 bits per heavy atom. The van der Waals surface area contributed by atoms with E-state index in [4.69, 9.17) is 5.73 Å². The van der Waals surface area contributed by atoms with Crippen molar-refractivity contribution in [2.24, 2.45) is 5.73 Å². The minimum atomic E-state index is -0.516. The maximum atomic E-state index is 11.6. The third-order valence-electron chi connectivity index (χ3n) is 4.45. The molecule has 25 heavy (non-hydrogen) atoms. The average Bonchev–Trinajstić information content (AvgIpc) is 2.58. The second kappa shape index (κ2) is 17.4. The molecule has 0 heterocycles. The van der Waals surface area contributed by atoms with Gasteiger partial charge in [0.2, 0.25) is 5.91 Å². The second-order valence-corrected chi connectivity index (χ2v) is 6.99. The van der Waals surface area contributed by atoms with Gasteiger partial charge in [-0.1, -0.05) is 70.4 Å². The highest BCUT2D eigenvalue weighted by atomic mass is 16.1. The molecule has 0 aliphatic heterocycles. The zero-order valence-electron chi connectivity index (χ0n) is 16.5. The van der Waals surface area contributed by atoms with Gasteiger partial charge >= 0.3 is 0 Å². The summed E-state index contributed by atoms with van der Waals surface area (Å²) in [5.41, 5.74) is 5.45. The summed E-state index contributed by atoms with van der Waals surface area (Å²) in [5.74, 6) is -0.508. The monoisotopic (exact) mass is 349 g/mol. The molecule has 0 aromatic rings. The van der Waals surface area contributed by atoms with Crippen molar-refractivity contribution in [1.82, 2.24) is 0 Å². The van der Waals surface area contributed by atoms with Crippen molar-refractivity contribution in [1.29, 1.82) is 0 Å². The Balaban J connectivity index is 3.36. The predicted molar refractivity (Wildman–Crippen MR) is 107 cm³/mol. The van der Waals surface area contributed by atoms with Crippen molar-refractivity contribution in [2.75, 3.05) is 0 Å². The Morgan fingerprint density at radius 3 is 1.76 bits per heavy atom. The molecule has 0 fully saturated rings. The lowest BCUT2D eigenvalue weighted by Gasteiger charge is -2.00. The van der Waals surface area contributed by atoms with Gasteiger partial charge in [-0.25, -0.2) is 0 Å². The smallest absolute Gasteiger partial charge is 0.244 e. The Hall–Kier alpha value is -1.38. The lowest BCUT2D eigenvalue weighted by molar-refractivity contribution is -0.117. The van der Waals surface area contributed by atoms with E-state index in [0.29, 0.717) is 12.0 Å². The molecule has 0 saturated carbocycles. The molecular weight excluding hydrogens is 310 g/mol. The summed E-state index contributed by atoms with van der Waals surface area (Å²) in [5, 5.41) is 0. The van der Waals surface area contributed by atoms with Crippen molar-refractivity contribution in [3.05, 3.63) is 23.8 Å². The van der Waals surface area contributed by atoms with Crippen molar-refractivity contribution in [2.45, 2.75) is 104 Å². The van der Waals surface area contributed by atoms with E-state index in [0.717, 1.165) is 12.8 Å². The van der Waals surface area contributed by atoms with Crippen LogP contribution >= 0.6 is 0 Å². The molecular formula is C22H39NO2. The lowest BCUT2D eigenvalue weighted by atomic mass is 10.1. The fraction of sp³-hybridized carbons (Fsp3) is 0.727. The molecule has 0 aromatic heterocycles. The first-order valence-electron chi connectivity index (χ1n) is 10.2. The van der Waals surface area contributed by atoms with Crippen LogP contribution in [0, 0.1) is 0 Å². The van der Waals surface area contributed by atoms with Crippen LogP contribution in [0.4, 0.5) is 0 Å². The maximum absolute atomic E-state index is 11.6. The highest BCUT2D eigenvalue weighted by molar-refractivity contribution is 6.00. The fourth-order valence-corrected chi connectivity index (χ4v) is 2.75. The van der Waals surface area contributed by atoms with Crippen LogP contribution in [0.5, 0.6) is 0 Å². The van der Waals surface area contributed by atoms with Gasteiger partial charge in [-0.05, 0) is 45.1 Å². The summed E-state index contributed by atoms with van der Waals surface area (Å²) in [6.45, 7) is 3.84. The molecule has 1 amide bonds. The number of rotatable bonds is 17. The highest BCUT2D eigenvalue weighted by Crippen LogP contribution is 2.10. The Bertz CT molecular complexity index is 410. The summed E-state index contributed by atoms with van der Waals surface area (Å²) < 4.78 is 0. The van der Waals surface area contributed by atoms with Gasteiger partial charge in [0.05, 0.1) is 0 Å². The van der Waals surface area contributed by atoms with E-state index >= 15 is 0 Å². The normalized spacial score (nSPS) is 12.0. The molecule has 0 spiro atoms. The van der Waals surface area contributed by atoms with E-state index in [1.165, 1.54) is 76.7 Å². The van der Waals surface area contributed by atoms with Gasteiger partial charge in [-0.3, -0.25) is 9.59 Å². The SMILES string of the molecule is CCCCCCCCC=CCCCCCCCC(=O)C=C(C)C(N)=O. The number of nitrogens with two attached hydrogens (primary N) is 1. The van der Waals surface area contributed by atoms with Crippen molar-refractivity contribution in [3.8, 4) is 0 Å². The van der Waals surface area contributed by atoms with Crippen molar-refractivity contribution >= 4 is 11.7 Å². The molecule has 0 radical (unpaired) electrons. The number of allylic oxidation sites excluding steroid dienone is 3. The third kappa shape index (κ3) is 17.2. The first kappa shape index (κ1) is 23.6. The van der Waals surface area contributed by atoms with Gasteiger partial charge in [0.25, 0.3) is 0 Å². The zero-order chi connectivity index (χ0) is 18.8. The summed E-state index contributed by atoms with van der Waals surface area (Å²) in [6.07, 6.45) is 22.8. The quantitative estimate of drug-likeness (QED) is 0.198. The first-order chi connectivity index (χ1) is 12.1. The maximum Gasteiger partial charge on any atom is 0.244 e. The van der Waals surface area contributed by atoms with Crippen LogP contribution in [-0.2, 0) is 9.59 Å². The van der Waals surface area contributed by atoms with Crippen LogP contribution in [0.1, 0.15) is 104 Å². The molecule has 0 bridgehead atoms. The van der Waals surface area contributed by atoms with Gasteiger partial charge in [-0.2, -0.15) is 0 Å². The third-order valence-corrected chi connectivity index (χ3v) is 4.45. The highest BCUT2D eigenvalue weighted by Gasteiger charge is 2.02. The Labute approximate surface area is 155 Å². The van der Waals surface area contributed by atoms with E-state index in [1.54, 1.807) is 6.92 Å². The first-order valence-corrected chi connectivity index (χ1v) is 10.2. The van der Waals surface area contributed by atoms with Crippen LogP contribution in [0.15, 0.2) is 23.8 Å². The molecule has 0 aliphatic carbocycles. The average molecular weight is 350 g/mol. The number of carbonyl (C=O) groups is 2. The van der Waals surface area contributed by atoms with E-state index in [1.807, 2.05) is 0 Å². The largest absolute Gasteiger partial charge is 0.366 e. The number of amides is 1. The minimum Gasteiger partial charge on any atom is -0.366 e. The van der Waals surface area contributed by atoms with Crippen LogP contribution in [0.3, 0.4) is 0 Å². The van der Waals surface area contributed by atoms with E-state index < -0.39 is 5.91 Å².